The number of nitrogens with one attached hydrogen (secondary N) is 2. The second-order valence-electron chi connectivity index (χ2n) is 3.13. The largest absolute Gasteiger partial charge is 0.385 e. The zero-order chi connectivity index (χ0) is 7.56. The summed E-state index contributed by atoms with van der Waals surface area (Å²) in [6, 6.07) is 0.417. The first-order chi connectivity index (χ1) is 4.68. The molecule has 0 aromatic rings. The van der Waals surface area contributed by atoms with Crippen LogP contribution in [0.5, 0.6) is 0 Å². The Hall–Kier alpha value is -0.700. The van der Waals surface area contributed by atoms with E-state index in [1.165, 1.54) is 0 Å². The van der Waals surface area contributed by atoms with Gasteiger partial charge in [0.25, 0.3) is 0 Å². The van der Waals surface area contributed by atoms with Crippen LogP contribution in [0.15, 0.2) is 11.9 Å². The molecule has 1 heterocycles. The van der Waals surface area contributed by atoms with E-state index in [1.807, 2.05) is 6.08 Å². The highest BCUT2D eigenvalue weighted by molar-refractivity contribution is 5.06. The van der Waals surface area contributed by atoms with Gasteiger partial charge in [0, 0.05) is 6.04 Å². The predicted molar refractivity (Wildman–Crippen MR) is 41.8 cm³/mol. The van der Waals surface area contributed by atoms with Crippen molar-refractivity contribution in [2.75, 3.05) is 0 Å². The second-order valence-corrected chi connectivity index (χ2v) is 3.13. The molecule has 0 bridgehead atoms. The number of hydrazine groups is 1. The van der Waals surface area contributed by atoms with Crippen molar-refractivity contribution in [1.82, 2.24) is 10.9 Å². The van der Waals surface area contributed by atoms with Gasteiger partial charge in [0.15, 0.2) is 0 Å². The van der Waals surface area contributed by atoms with Gasteiger partial charge < -0.3 is 11.2 Å². The molecule has 0 aromatic carbocycles. The number of nitrogens with two attached hydrogens (primary N) is 1. The third-order valence-corrected chi connectivity index (χ3v) is 1.51. The van der Waals surface area contributed by atoms with Crippen molar-refractivity contribution >= 4 is 0 Å². The molecule has 1 atom stereocenters. The first-order valence-electron chi connectivity index (χ1n) is 3.67. The Labute approximate surface area is 61.6 Å². The van der Waals surface area contributed by atoms with E-state index in [2.05, 4.69) is 24.7 Å². The SMILES string of the molecule is CC(C)CC1C=C(N)NN1. The van der Waals surface area contributed by atoms with Crippen LogP contribution < -0.4 is 16.6 Å². The molecular weight excluding hydrogens is 126 g/mol. The van der Waals surface area contributed by atoms with Crippen LogP contribution in [0.4, 0.5) is 0 Å². The summed E-state index contributed by atoms with van der Waals surface area (Å²) < 4.78 is 0. The Balaban J connectivity index is 2.31. The van der Waals surface area contributed by atoms with Gasteiger partial charge in [-0.05, 0) is 18.4 Å². The van der Waals surface area contributed by atoms with Gasteiger partial charge in [-0.2, -0.15) is 0 Å². The summed E-state index contributed by atoms with van der Waals surface area (Å²) in [5.74, 6) is 1.45. The highest BCUT2D eigenvalue weighted by Crippen LogP contribution is 2.08. The minimum atomic E-state index is 0.417. The number of rotatable bonds is 2. The minimum absolute atomic E-state index is 0.417. The van der Waals surface area contributed by atoms with Crippen LogP contribution >= 0.6 is 0 Å². The Morgan fingerprint density at radius 1 is 1.70 bits per heavy atom. The molecular formula is C7H15N3. The summed E-state index contributed by atoms with van der Waals surface area (Å²) in [6.45, 7) is 4.40. The van der Waals surface area contributed by atoms with Crippen molar-refractivity contribution in [3.63, 3.8) is 0 Å². The molecule has 4 N–H and O–H groups in total. The summed E-state index contributed by atoms with van der Waals surface area (Å²) in [5, 5.41) is 0. The van der Waals surface area contributed by atoms with Gasteiger partial charge in [0.05, 0.1) is 0 Å². The lowest BCUT2D eigenvalue weighted by molar-refractivity contribution is 0.469. The standard InChI is InChI=1S/C7H15N3/c1-5(2)3-6-4-7(8)10-9-6/h4-6,9-10H,3,8H2,1-2H3. The van der Waals surface area contributed by atoms with Gasteiger partial charge >= 0.3 is 0 Å². The van der Waals surface area contributed by atoms with Crippen LogP contribution in [0.25, 0.3) is 0 Å². The van der Waals surface area contributed by atoms with Crippen molar-refractivity contribution in [3.05, 3.63) is 11.9 Å². The van der Waals surface area contributed by atoms with Crippen molar-refractivity contribution in [3.8, 4) is 0 Å². The first-order valence-corrected chi connectivity index (χ1v) is 3.67. The van der Waals surface area contributed by atoms with Gasteiger partial charge in [-0.1, -0.05) is 13.8 Å². The lowest BCUT2D eigenvalue weighted by Crippen LogP contribution is -2.34. The summed E-state index contributed by atoms with van der Waals surface area (Å²) >= 11 is 0. The molecule has 3 heteroatoms. The van der Waals surface area contributed by atoms with Gasteiger partial charge in [-0.3, -0.25) is 0 Å². The van der Waals surface area contributed by atoms with Crippen molar-refractivity contribution in [2.45, 2.75) is 26.3 Å². The molecule has 0 amide bonds. The smallest absolute Gasteiger partial charge is 0.108 e. The maximum Gasteiger partial charge on any atom is 0.108 e. The average molecular weight is 141 g/mol. The summed E-state index contributed by atoms with van der Waals surface area (Å²) in [5.41, 5.74) is 11.4. The van der Waals surface area contributed by atoms with Gasteiger partial charge in [0.1, 0.15) is 5.82 Å². The summed E-state index contributed by atoms with van der Waals surface area (Å²) in [7, 11) is 0. The fourth-order valence-electron chi connectivity index (χ4n) is 1.11. The molecule has 1 unspecified atom stereocenters. The summed E-state index contributed by atoms with van der Waals surface area (Å²) in [6.07, 6.45) is 3.15. The highest BCUT2D eigenvalue weighted by Gasteiger charge is 2.12. The van der Waals surface area contributed by atoms with E-state index in [-0.39, 0.29) is 0 Å². The van der Waals surface area contributed by atoms with Gasteiger partial charge in [0.2, 0.25) is 0 Å². The monoisotopic (exact) mass is 141 g/mol. The Kier molecular flexibility index (Phi) is 2.17. The fourth-order valence-corrected chi connectivity index (χ4v) is 1.11. The highest BCUT2D eigenvalue weighted by atomic mass is 15.4. The second kappa shape index (κ2) is 2.92. The zero-order valence-electron chi connectivity index (χ0n) is 6.52. The van der Waals surface area contributed by atoms with E-state index in [4.69, 9.17) is 5.73 Å². The van der Waals surface area contributed by atoms with Crippen LogP contribution in [-0.4, -0.2) is 6.04 Å². The maximum absolute atomic E-state index is 5.49. The molecule has 3 nitrogen and oxygen atoms in total. The van der Waals surface area contributed by atoms with Gasteiger partial charge in [-0.15, -0.1) is 0 Å². The topological polar surface area (TPSA) is 50.1 Å². The predicted octanol–water partition coefficient (Wildman–Crippen LogP) is 0.309. The lowest BCUT2D eigenvalue weighted by atomic mass is 10.1. The van der Waals surface area contributed by atoms with Crippen molar-refractivity contribution in [1.29, 1.82) is 0 Å². The lowest BCUT2D eigenvalue weighted by Gasteiger charge is -2.10. The molecule has 0 spiro atoms. The molecule has 0 aromatic heterocycles. The quantitative estimate of drug-likeness (QED) is 0.518. The number of hydrogen-bond acceptors (Lipinski definition) is 3. The van der Waals surface area contributed by atoms with E-state index >= 15 is 0 Å². The molecule has 1 rings (SSSR count). The molecule has 0 saturated carbocycles. The molecule has 10 heavy (non-hydrogen) atoms. The van der Waals surface area contributed by atoms with E-state index in [9.17, 15) is 0 Å². The van der Waals surface area contributed by atoms with Crippen molar-refractivity contribution < 1.29 is 0 Å². The third-order valence-electron chi connectivity index (χ3n) is 1.51. The molecule has 0 aliphatic carbocycles. The van der Waals surface area contributed by atoms with Crippen molar-refractivity contribution in [2.24, 2.45) is 11.7 Å². The molecule has 1 aliphatic heterocycles. The molecule has 0 radical (unpaired) electrons. The maximum atomic E-state index is 5.49. The normalized spacial score (nSPS) is 24.7. The van der Waals surface area contributed by atoms with Gasteiger partial charge in [-0.25, -0.2) is 5.43 Å². The molecule has 0 fully saturated rings. The minimum Gasteiger partial charge on any atom is -0.385 e. The van der Waals surface area contributed by atoms with Crippen LogP contribution in [0.3, 0.4) is 0 Å². The van der Waals surface area contributed by atoms with E-state index in [0.29, 0.717) is 12.0 Å². The zero-order valence-corrected chi connectivity index (χ0v) is 6.52. The Morgan fingerprint density at radius 2 is 2.40 bits per heavy atom. The fraction of sp³-hybridized carbons (Fsp3) is 0.714. The summed E-state index contributed by atoms with van der Waals surface area (Å²) in [4.78, 5) is 0. The number of hydrogen-bond donors (Lipinski definition) is 3. The van der Waals surface area contributed by atoms with E-state index in [0.717, 1.165) is 12.2 Å². The van der Waals surface area contributed by atoms with E-state index < -0.39 is 0 Å². The first kappa shape index (κ1) is 7.41. The van der Waals surface area contributed by atoms with Crippen LogP contribution in [-0.2, 0) is 0 Å². The molecule has 0 saturated heterocycles. The third kappa shape index (κ3) is 1.92. The molecule has 58 valence electrons. The Bertz CT molecular complexity index is 140. The van der Waals surface area contributed by atoms with Crippen LogP contribution in [0, 0.1) is 5.92 Å². The van der Waals surface area contributed by atoms with E-state index in [1.54, 1.807) is 0 Å². The average Bonchev–Trinajstić information content (AvgIpc) is 2.13. The Morgan fingerprint density at radius 3 is 2.80 bits per heavy atom. The van der Waals surface area contributed by atoms with Crippen LogP contribution in [0.2, 0.25) is 0 Å². The molecule has 1 aliphatic rings. The van der Waals surface area contributed by atoms with Crippen LogP contribution in [0.1, 0.15) is 20.3 Å².